The van der Waals surface area contributed by atoms with Gasteiger partial charge in [0.05, 0.1) is 22.1 Å². The topological polar surface area (TPSA) is 106 Å². The van der Waals surface area contributed by atoms with Gasteiger partial charge in [0.2, 0.25) is 5.88 Å². The molecule has 1 atom stereocenters. The molecule has 162 valence electrons. The second kappa shape index (κ2) is 8.06. The van der Waals surface area contributed by atoms with Crippen molar-refractivity contribution in [3.05, 3.63) is 56.3 Å². The Morgan fingerprint density at radius 3 is 2.91 bits per heavy atom. The zero-order chi connectivity index (χ0) is 22.4. The van der Waals surface area contributed by atoms with E-state index in [1.807, 2.05) is 0 Å². The first-order valence-corrected chi connectivity index (χ1v) is 10.5. The second-order valence-electron chi connectivity index (χ2n) is 7.24. The quantitative estimate of drug-likeness (QED) is 0.444. The Balaban J connectivity index is 1.67. The van der Waals surface area contributed by atoms with Crippen LogP contribution in [0.25, 0.3) is 21.8 Å². The highest BCUT2D eigenvalue weighted by Gasteiger charge is 2.24. The number of ether oxygens (including phenoxy) is 2. The number of nitrogens with one attached hydrogen (secondary N) is 1. The van der Waals surface area contributed by atoms with Crippen molar-refractivity contribution in [2.24, 2.45) is 0 Å². The number of H-pyrrole nitrogens is 1. The molecule has 1 N–H and O–H groups in total. The average molecular weight is 474 g/mol. The van der Waals surface area contributed by atoms with Gasteiger partial charge in [-0.15, -0.1) is 0 Å². The molecule has 0 bridgehead atoms. The smallest absolute Gasteiger partial charge is 0.268 e. The number of fused-ring (bicyclic) bond motifs is 2. The fraction of sp³-hybridized carbons (Fsp3) is 0.238. The van der Waals surface area contributed by atoms with Gasteiger partial charge in [0, 0.05) is 24.3 Å². The number of aromatic nitrogens is 4. The van der Waals surface area contributed by atoms with Gasteiger partial charge < -0.3 is 14.5 Å². The molecule has 0 spiro atoms. The molecule has 3 aromatic heterocycles. The van der Waals surface area contributed by atoms with Gasteiger partial charge in [-0.25, -0.2) is 14.1 Å². The van der Waals surface area contributed by atoms with Gasteiger partial charge in [-0.1, -0.05) is 23.2 Å². The maximum absolute atomic E-state index is 14.7. The molecule has 0 amide bonds. The molecule has 1 unspecified atom stereocenters. The molecule has 1 aliphatic heterocycles. The molecule has 4 aromatic rings. The van der Waals surface area contributed by atoms with E-state index < -0.39 is 11.4 Å². The molecular weight excluding hydrogens is 460 g/mol. The Morgan fingerprint density at radius 1 is 1.31 bits per heavy atom. The minimum absolute atomic E-state index is 0.00921. The number of halogens is 3. The highest BCUT2D eigenvalue weighted by Crippen LogP contribution is 2.41. The van der Waals surface area contributed by atoms with Crippen LogP contribution in [0.5, 0.6) is 11.6 Å². The molecule has 0 saturated carbocycles. The van der Waals surface area contributed by atoms with Crippen molar-refractivity contribution >= 4 is 45.0 Å². The van der Waals surface area contributed by atoms with Gasteiger partial charge in [-0.2, -0.15) is 10.4 Å². The molecule has 32 heavy (non-hydrogen) atoms. The predicted molar refractivity (Wildman–Crippen MR) is 116 cm³/mol. The van der Waals surface area contributed by atoms with Crippen LogP contribution in [0.15, 0.2) is 29.3 Å². The number of benzene rings is 1. The van der Waals surface area contributed by atoms with E-state index in [0.29, 0.717) is 22.9 Å². The van der Waals surface area contributed by atoms with Crippen molar-refractivity contribution in [1.82, 2.24) is 19.7 Å². The summed E-state index contributed by atoms with van der Waals surface area (Å²) in [7, 11) is 0. The van der Waals surface area contributed by atoms with Gasteiger partial charge in [0.15, 0.2) is 12.0 Å². The van der Waals surface area contributed by atoms with Crippen LogP contribution >= 0.6 is 23.2 Å². The number of nitrogens with zero attached hydrogens (tertiary/aromatic N) is 4. The number of rotatable bonds is 3. The van der Waals surface area contributed by atoms with Crippen LogP contribution in [0.2, 0.25) is 10.0 Å². The van der Waals surface area contributed by atoms with Crippen molar-refractivity contribution in [3.8, 4) is 17.7 Å². The number of nitriles is 1. The van der Waals surface area contributed by atoms with E-state index in [4.69, 9.17) is 32.7 Å². The van der Waals surface area contributed by atoms with Crippen molar-refractivity contribution in [3.63, 3.8) is 0 Å². The molecule has 11 heteroatoms. The first-order chi connectivity index (χ1) is 15.5. The normalized spacial score (nSPS) is 16.4. The van der Waals surface area contributed by atoms with E-state index in [9.17, 15) is 14.4 Å². The summed E-state index contributed by atoms with van der Waals surface area (Å²) in [5, 5.41) is 14.1. The molecule has 8 nitrogen and oxygen atoms in total. The van der Waals surface area contributed by atoms with Gasteiger partial charge in [-0.3, -0.25) is 4.79 Å². The number of hydrogen-bond donors (Lipinski definition) is 1. The Hall–Kier alpha value is -3.19. The molecule has 1 fully saturated rings. The lowest BCUT2D eigenvalue weighted by Gasteiger charge is -2.23. The van der Waals surface area contributed by atoms with Crippen LogP contribution in [-0.4, -0.2) is 26.4 Å². The minimum atomic E-state index is -0.703. The monoisotopic (exact) mass is 473 g/mol. The highest BCUT2D eigenvalue weighted by molar-refractivity contribution is 6.36. The van der Waals surface area contributed by atoms with Crippen molar-refractivity contribution in [1.29, 1.82) is 5.26 Å². The van der Waals surface area contributed by atoms with E-state index in [-0.39, 0.29) is 39.0 Å². The maximum Gasteiger partial charge on any atom is 0.268 e. The zero-order valence-corrected chi connectivity index (χ0v) is 17.9. The molecule has 4 heterocycles. The average Bonchev–Trinajstić information content (AvgIpc) is 3.21. The van der Waals surface area contributed by atoms with Gasteiger partial charge in [-0.05, 0) is 25.3 Å². The third kappa shape index (κ3) is 3.28. The summed E-state index contributed by atoms with van der Waals surface area (Å²) in [6.07, 6.45) is 5.29. The summed E-state index contributed by atoms with van der Waals surface area (Å²) in [6.45, 7) is 0.601. The van der Waals surface area contributed by atoms with Crippen LogP contribution in [0.4, 0.5) is 4.39 Å². The largest absolute Gasteiger partial charge is 0.435 e. The zero-order valence-electron chi connectivity index (χ0n) is 16.4. The minimum Gasteiger partial charge on any atom is -0.435 e. The van der Waals surface area contributed by atoms with Gasteiger partial charge in [0.25, 0.3) is 5.56 Å². The summed E-state index contributed by atoms with van der Waals surface area (Å²) in [5.41, 5.74) is -0.317. The Bertz CT molecular complexity index is 1470. The van der Waals surface area contributed by atoms with Gasteiger partial charge in [0.1, 0.15) is 28.0 Å². The van der Waals surface area contributed by atoms with E-state index in [2.05, 4.69) is 15.1 Å². The van der Waals surface area contributed by atoms with Crippen molar-refractivity contribution in [2.45, 2.75) is 25.5 Å². The first kappa shape index (κ1) is 20.7. The van der Waals surface area contributed by atoms with Crippen LogP contribution in [-0.2, 0) is 4.74 Å². The molecule has 0 radical (unpaired) electrons. The van der Waals surface area contributed by atoms with E-state index in [1.165, 1.54) is 24.5 Å². The summed E-state index contributed by atoms with van der Waals surface area (Å²) in [4.78, 5) is 18.9. The highest BCUT2D eigenvalue weighted by atomic mass is 35.5. The second-order valence-corrected chi connectivity index (χ2v) is 8.00. The van der Waals surface area contributed by atoms with Gasteiger partial charge >= 0.3 is 0 Å². The Labute approximate surface area is 190 Å². The molecule has 0 aliphatic carbocycles. The van der Waals surface area contributed by atoms with E-state index in [1.54, 1.807) is 10.8 Å². The molecule has 1 saturated heterocycles. The lowest BCUT2D eigenvalue weighted by molar-refractivity contribution is -0.0366. The van der Waals surface area contributed by atoms with Crippen LogP contribution < -0.4 is 10.3 Å². The van der Waals surface area contributed by atoms with E-state index >= 15 is 0 Å². The number of aromatic amines is 1. The molecule has 5 rings (SSSR count). The Morgan fingerprint density at radius 2 is 2.16 bits per heavy atom. The maximum atomic E-state index is 14.7. The number of pyridine rings is 2. The van der Waals surface area contributed by atoms with Crippen molar-refractivity contribution in [2.75, 3.05) is 6.61 Å². The summed E-state index contributed by atoms with van der Waals surface area (Å²) in [6, 6.07) is 4.58. The summed E-state index contributed by atoms with van der Waals surface area (Å²) >= 11 is 12.5. The van der Waals surface area contributed by atoms with Crippen LogP contribution in [0, 0.1) is 17.1 Å². The summed E-state index contributed by atoms with van der Waals surface area (Å²) < 4.78 is 28.0. The SMILES string of the molecule is N#Cc1c(Cl)c2ccnc(Oc3c(Cl)c(F)cc4c3cnn4C3CCCCO3)c2[nH]c1=O. The third-order valence-corrected chi connectivity index (χ3v) is 6.07. The third-order valence-electron chi connectivity index (χ3n) is 5.33. The lowest BCUT2D eigenvalue weighted by Crippen LogP contribution is -2.19. The Kier molecular flexibility index (Phi) is 5.21. The van der Waals surface area contributed by atoms with E-state index in [0.717, 1.165) is 19.3 Å². The fourth-order valence-electron chi connectivity index (χ4n) is 3.78. The molecular formula is C21H14Cl2FN5O3. The first-order valence-electron chi connectivity index (χ1n) is 9.75. The predicted octanol–water partition coefficient (Wildman–Crippen LogP) is 5.08. The van der Waals surface area contributed by atoms with Crippen LogP contribution in [0.1, 0.15) is 31.1 Å². The fourth-order valence-corrected chi connectivity index (χ4v) is 4.26. The molecule has 1 aliphatic rings. The standard InChI is InChI=1S/C21H14Cl2FN5O3/c22-16-10-4-5-26-21(18(10)28-20(30)11(16)8-25)32-19-12-9-27-29(15-3-1-2-6-31-15)14(12)7-13(24)17(19)23/h4-5,7,9,15H,1-3,6H2,(H,28,30). The number of hydrogen-bond acceptors (Lipinski definition) is 6. The van der Waals surface area contributed by atoms with Crippen LogP contribution in [0.3, 0.4) is 0 Å². The van der Waals surface area contributed by atoms with Crippen molar-refractivity contribution < 1.29 is 13.9 Å². The molecule has 1 aromatic carbocycles. The summed E-state index contributed by atoms with van der Waals surface area (Å²) in [5.74, 6) is -0.767. The lowest BCUT2D eigenvalue weighted by atomic mass is 10.2.